The molecule has 3 rings (SSSR count). The molecule has 1 aromatic heterocycles. The van der Waals surface area contributed by atoms with Crippen LogP contribution in [-0.2, 0) is 9.71 Å². The molecule has 0 bridgehead atoms. The van der Waals surface area contributed by atoms with Gasteiger partial charge in [-0.05, 0) is 35.9 Å². The van der Waals surface area contributed by atoms with Gasteiger partial charge in [0.2, 0.25) is 5.95 Å². The van der Waals surface area contributed by atoms with Gasteiger partial charge in [-0.3, -0.25) is 0 Å². The molecule has 11 heteroatoms. The van der Waals surface area contributed by atoms with Crippen LogP contribution in [0.15, 0.2) is 42.7 Å². The van der Waals surface area contributed by atoms with Crippen LogP contribution in [0.5, 0.6) is 5.75 Å². The summed E-state index contributed by atoms with van der Waals surface area (Å²) in [7, 11) is -1.41. The summed E-state index contributed by atoms with van der Waals surface area (Å²) in [5.41, 5.74) is 1.03. The van der Waals surface area contributed by atoms with Gasteiger partial charge in [-0.25, -0.2) is 27.7 Å². The molecule has 0 saturated heterocycles. The van der Waals surface area contributed by atoms with Crippen LogP contribution in [0.3, 0.4) is 0 Å². The molecule has 2 N–H and O–H groups in total. The molecule has 0 aliphatic rings. The molecule has 1 heterocycles. The Morgan fingerprint density at radius 3 is 2.70 bits per heavy atom. The van der Waals surface area contributed by atoms with Gasteiger partial charge in [0.15, 0.2) is 12.0 Å². The lowest BCUT2D eigenvalue weighted by Crippen LogP contribution is -2.18. The average molecular weight is 430 g/mol. The first-order chi connectivity index (χ1) is 14.3. The molecule has 0 radical (unpaired) electrons. The molecule has 0 fully saturated rings. The highest BCUT2D eigenvalue weighted by Gasteiger charge is 2.12. The maximum absolute atomic E-state index is 14.0. The minimum absolute atomic E-state index is 0.107. The molecular formula is C19H16F2N6O2S. The molecule has 1 atom stereocenters. The van der Waals surface area contributed by atoms with Gasteiger partial charge in [0, 0.05) is 23.4 Å². The largest absolute Gasteiger partial charge is 0.496 e. The summed E-state index contributed by atoms with van der Waals surface area (Å²) in [6.07, 6.45) is 4.17. The maximum atomic E-state index is 14.0. The summed E-state index contributed by atoms with van der Waals surface area (Å²) in [4.78, 5) is 12.3. The van der Waals surface area contributed by atoms with Crippen molar-refractivity contribution in [2.75, 3.05) is 18.7 Å². The number of hydrogen-bond acceptors (Lipinski definition) is 7. The first-order valence-electron chi connectivity index (χ1n) is 8.40. The van der Waals surface area contributed by atoms with E-state index < -0.39 is 21.3 Å². The minimum atomic E-state index is -2.81. The fourth-order valence-electron chi connectivity index (χ4n) is 2.60. The monoisotopic (exact) mass is 430 g/mol. The summed E-state index contributed by atoms with van der Waals surface area (Å²) in [5, 5.41) is 12.8. The number of nitrogens with one attached hydrogen (secondary N) is 2. The Kier molecular flexibility index (Phi) is 6.08. The third-order valence-electron chi connectivity index (χ3n) is 3.76. The Morgan fingerprint density at radius 1 is 1.17 bits per heavy atom. The molecule has 3 aromatic rings. The second kappa shape index (κ2) is 8.71. The third kappa shape index (κ3) is 5.18. The first-order valence-corrected chi connectivity index (χ1v) is 10.4. The highest BCUT2D eigenvalue weighted by molar-refractivity contribution is 7.99. The van der Waals surface area contributed by atoms with E-state index in [-0.39, 0.29) is 23.2 Å². The van der Waals surface area contributed by atoms with E-state index in [9.17, 15) is 13.0 Å². The summed E-state index contributed by atoms with van der Waals surface area (Å²) in [6.45, 7) is 0. The number of rotatable bonds is 6. The van der Waals surface area contributed by atoms with Crippen LogP contribution in [-0.4, -0.2) is 37.9 Å². The van der Waals surface area contributed by atoms with Gasteiger partial charge < -0.3 is 10.1 Å². The fraction of sp³-hybridized carbons (Fsp3) is 0.105. The summed E-state index contributed by atoms with van der Waals surface area (Å²) >= 11 is 0. The normalized spacial score (nSPS) is 12.4. The summed E-state index contributed by atoms with van der Waals surface area (Å²) in [6, 6.07) is 7.83. The lowest BCUT2D eigenvalue weighted by Gasteiger charge is -2.10. The molecule has 154 valence electrons. The summed E-state index contributed by atoms with van der Waals surface area (Å²) in [5.74, 6) is -0.479. The second-order valence-corrected chi connectivity index (χ2v) is 8.36. The molecule has 30 heavy (non-hydrogen) atoms. The van der Waals surface area contributed by atoms with Gasteiger partial charge in [-0.1, -0.05) is 0 Å². The predicted octanol–water partition coefficient (Wildman–Crippen LogP) is 2.62. The number of benzene rings is 2. The Morgan fingerprint density at radius 2 is 1.97 bits per heavy atom. The van der Waals surface area contributed by atoms with Gasteiger partial charge in [0.1, 0.15) is 23.7 Å². The van der Waals surface area contributed by atoms with Crippen molar-refractivity contribution in [3.63, 3.8) is 0 Å². The van der Waals surface area contributed by atoms with Gasteiger partial charge >= 0.3 is 0 Å². The van der Waals surface area contributed by atoms with Crippen LogP contribution in [0.2, 0.25) is 0 Å². The van der Waals surface area contributed by atoms with Crippen molar-refractivity contribution >= 4 is 26.7 Å². The Bertz CT molecular complexity index is 1250. The quantitative estimate of drug-likeness (QED) is 0.351. The molecule has 8 nitrogen and oxygen atoms in total. The highest BCUT2D eigenvalue weighted by Crippen LogP contribution is 2.28. The number of aromatic nitrogens is 3. The maximum Gasteiger partial charge on any atom is 0.230 e. The van der Waals surface area contributed by atoms with Crippen molar-refractivity contribution in [1.82, 2.24) is 19.7 Å². The molecule has 0 spiro atoms. The van der Waals surface area contributed by atoms with E-state index in [0.29, 0.717) is 11.1 Å². The van der Waals surface area contributed by atoms with E-state index in [2.05, 4.69) is 25.0 Å². The van der Waals surface area contributed by atoms with E-state index in [1.165, 1.54) is 61.5 Å². The Labute approximate surface area is 171 Å². The van der Waals surface area contributed by atoms with Gasteiger partial charge in [0.05, 0.1) is 22.4 Å². The van der Waals surface area contributed by atoms with Crippen molar-refractivity contribution in [1.29, 1.82) is 5.26 Å². The standard InChI is InChI=1S/C19H16F2N6O2S/c1-29-17-8-13(20)3-4-16(17)18-23-11-24-19(27-18)26-15-6-12(5-14(21)7-15)9-30(2,28)25-10-22/h3-9,11H,1-2H3,(H,25,28)(H,23,24,26,27). The number of methoxy groups -OCH3 is 1. The van der Waals surface area contributed by atoms with E-state index in [0.717, 1.165) is 0 Å². The van der Waals surface area contributed by atoms with E-state index >= 15 is 0 Å². The topological polar surface area (TPSA) is 113 Å². The second-order valence-electron chi connectivity index (χ2n) is 6.11. The minimum Gasteiger partial charge on any atom is -0.496 e. The van der Waals surface area contributed by atoms with Crippen LogP contribution >= 0.6 is 0 Å². The zero-order valence-electron chi connectivity index (χ0n) is 15.9. The SMILES string of the molecule is COc1cc(F)ccc1-c1ncnc(Nc2cc(F)cc(C=S(C)(=O)NC#N)c2)n1. The number of halogens is 2. The predicted molar refractivity (Wildman–Crippen MR) is 109 cm³/mol. The van der Waals surface area contributed by atoms with Crippen molar-refractivity contribution in [2.24, 2.45) is 0 Å². The number of nitriles is 1. The molecule has 1 unspecified atom stereocenters. The van der Waals surface area contributed by atoms with Crippen molar-refractivity contribution in [2.45, 2.75) is 0 Å². The van der Waals surface area contributed by atoms with Crippen molar-refractivity contribution in [3.8, 4) is 23.3 Å². The summed E-state index contributed by atoms with van der Waals surface area (Å²) < 4.78 is 47.0. The van der Waals surface area contributed by atoms with Crippen LogP contribution in [0.1, 0.15) is 5.56 Å². The molecule has 0 saturated carbocycles. The average Bonchev–Trinajstić information content (AvgIpc) is 2.67. The molecular weight excluding hydrogens is 414 g/mol. The number of ether oxygens (including phenoxy) is 1. The first kappa shape index (κ1) is 20.9. The van der Waals surface area contributed by atoms with Crippen molar-refractivity contribution < 1.29 is 17.7 Å². The zero-order valence-corrected chi connectivity index (χ0v) is 16.7. The van der Waals surface area contributed by atoms with E-state index in [1.807, 2.05) is 0 Å². The van der Waals surface area contributed by atoms with E-state index in [4.69, 9.17) is 10.00 Å². The molecule has 0 aliphatic heterocycles. The Balaban J connectivity index is 1.94. The number of anilines is 2. The molecule has 0 amide bonds. The van der Waals surface area contributed by atoms with Gasteiger partial charge in [-0.15, -0.1) is 0 Å². The van der Waals surface area contributed by atoms with Crippen LogP contribution in [0.25, 0.3) is 11.4 Å². The number of nitrogens with zero attached hydrogens (tertiary/aromatic N) is 4. The van der Waals surface area contributed by atoms with E-state index in [1.54, 1.807) is 6.19 Å². The highest BCUT2D eigenvalue weighted by atomic mass is 32.2. The van der Waals surface area contributed by atoms with Crippen molar-refractivity contribution in [3.05, 3.63) is 59.9 Å². The number of hydrogen-bond donors (Lipinski definition) is 2. The molecule has 0 aliphatic carbocycles. The van der Waals surface area contributed by atoms with Crippen LogP contribution < -0.4 is 14.8 Å². The van der Waals surface area contributed by atoms with Gasteiger partial charge in [0.25, 0.3) is 0 Å². The zero-order chi connectivity index (χ0) is 21.7. The van der Waals surface area contributed by atoms with Crippen LogP contribution in [0, 0.1) is 23.1 Å². The van der Waals surface area contributed by atoms with Gasteiger partial charge in [-0.2, -0.15) is 10.2 Å². The lowest BCUT2D eigenvalue weighted by molar-refractivity contribution is 0.412. The third-order valence-corrected chi connectivity index (χ3v) is 4.98. The lowest BCUT2D eigenvalue weighted by atomic mass is 10.2. The Hall–Kier alpha value is -3.78. The smallest absolute Gasteiger partial charge is 0.230 e. The molecule has 2 aromatic carbocycles. The fourth-order valence-corrected chi connectivity index (χ4v) is 3.49. The van der Waals surface area contributed by atoms with Crippen LogP contribution in [0.4, 0.5) is 20.4 Å².